The van der Waals surface area contributed by atoms with Crippen LogP contribution >= 0.6 is 11.6 Å². The number of benzene rings is 2. The van der Waals surface area contributed by atoms with Gasteiger partial charge < -0.3 is 19.9 Å². The Hall–Kier alpha value is -4.09. The zero-order valence-corrected chi connectivity index (χ0v) is 19.3. The molecule has 184 valence electrons. The lowest BCUT2D eigenvalue weighted by Gasteiger charge is -2.19. The fourth-order valence-corrected chi connectivity index (χ4v) is 4.04. The number of anilines is 1. The average molecular weight is 512 g/mol. The van der Waals surface area contributed by atoms with Crippen LogP contribution in [-0.4, -0.2) is 56.4 Å². The fourth-order valence-electron chi connectivity index (χ4n) is 3.87. The highest BCUT2D eigenvalue weighted by Gasteiger charge is 2.50. The summed E-state index contributed by atoms with van der Waals surface area (Å²) in [6.07, 6.45) is -4.45. The first-order valence-electron chi connectivity index (χ1n) is 10.9. The summed E-state index contributed by atoms with van der Waals surface area (Å²) in [6, 6.07) is 16.4. The number of hydrogen-bond donors (Lipinski definition) is 1. The normalized spacial score (nSPS) is 21.4. The Bertz CT molecular complexity index is 1400. The van der Waals surface area contributed by atoms with E-state index in [9.17, 15) is 9.59 Å². The van der Waals surface area contributed by atoms with E-state index in [0.717, 1.165) is 0 Å². The number of rotatable bonds is 6. The van der Waals surface area contributed by atoms with Crippen LogP contribution in [0.3, 0.4) is 0 Å². The number of nitrogens with two attached hydrogens (primary N) is 1. The third-order valence-corrected chi connectivity index (χ3v) is 5.77. The van der Waals surface area contributed by atoms with E-state index in [1.54, 1.807) is 60.7 Å². The summed E-state index contributed by atoms with van der Waals surface area (Å²) in [6.45, 7) is -0.373. The number of ether oxygens (including phenoxy) is 3. The summed E-state index contributed by atoms with van der Waals surface area (Å²) in [5.41, 5.74) is 6.73. The lowest BCUT2D eigenvalue weighted by molar-refractivity contribution is -0.0570. The second-order valence-corrected chi connectivity index (χ2v) is 8.25. The molecule has 3 heterocycles. The second-order valence-electron chi connectivity index (χ2n) is 7.91. The minimum atomic E-state index is -1.87. The summed E-state index contributed by atoms with van der Waals surface area (Å²) in [4.78, 5) is 37.2. The smallest absolute Gasteiger partial charge is 0.338 e. The van der Waals surface area contributed by atoms with E-state index in [1.165, 1.54) is 10.9 Å². The van der Waals surface area contributed by atoms with Crippen LogP contribution in [0.5, 0.6) is 0 Å². The predicted octanol–water partition coefficient (Wildman–Crippen LogP) is 3.38. The lowest BCUT2D eigenvalue weighted by atomic mass is 10.1. The third-order valence-electron chi connectivity index (χ3n) is 5.60. The standard InChI is InChI=1S/C24H19ClFN5O5/c25-24-29-19(27)17-20(30-24)31(12-28-17)21-16(26)18(36-23(33)14-9-5-2-6-10-14)15(35-21)11-34-22(32)13-7-3-1-4-8-13/h1-10,12,15-16,18,21H,11H2,(H2,27,29,30)/t15-,16?,18-,21+/m1/s1. The summed E-state index contributed by atoms with van der Waals surface area (Å²) >= 11 is 5.93. The van der Waals surface area contributed by atoms with Crippen molar-refractivity contribution in [3.63, 3.8) is 0 Å². The summed E-state index contributed by atoms with van der Waals surface area (Å²) in [5, 5.41) is -0.157. The Morgan fingerprint density at radius 1 is 1.03 bits per heavy atom. The zero-order chi connectivity index (χ0) is 25.2. The van der Waals surface area contributed by atoms with E-state index in [4.69, 9.17) is 31.5 Å². The van der Waals surface area contributed by atoms with Crippen molar-refractivity contribution in [2.75, 3.05) is 12.3 Å². The molecule has 0 aliphatic carbocycles. The highest BCUT2D eigenvalue weighted by atomic mass is 35.5. The number of nitrogens with zero attached hydrogens (tertiary/aromatic N) is 4. The molecule has 12 heteroatoms. The van der Waals surface area contributed by atoms with Crippen LogP contribution in [0, 0.1) is 0 Å². The monoisotopic (exact) mass is 511 g/mol. The van der Waals surface area contributed by atoms with Crippen LogP contribution < -0.4 is 5.73 Å². The van der Waals surface area contributed by atoms with Gasteiger partial charge in [-0.25, -0.2) is 19.0 Å². The average Bonchev–Trinajstić information content (AvgIpc) is 3.44. The second kappa shape index (κ2) is 9.88. The molecule has 1 unspecified atom stereocenters. The minimum absolute atomic E-state index is 0.0116. The summed E-state index contributed by atoms with van der Waals surface area (Å²) in [5.74, 6) is -1.37. The van der Waals surface area contributed by atoms with Crippen molar-refractivity contribution in [2.24, 2.45) is 0 Å². The number of imidazole rings is 1. The maximum atomic E-state index is 15.8. The van der Waals surface area contributed by atoms with Crippen LogP contribution in [0.2, 0.25) is 5.28 Å². The number of carbonyl (C=O) groups is 2. The van der Waals surface area contributed by atoms with Gasteiger partial charge in [-0.05, 0) is 35.9 Å². The van der Waals surface area contributed by atoms with E-state index in [1.807, 2.05) is 0 Å². The van der Waals surface area contributed by atoms with Gasteiger partial charge in [0.05, 0.1) is 17.5 Å². The van der Waals surface area contributed by atoms with Gasteiger partial charge in [0, 0.05) is 0 Å². The van der Waals surface area contributed by atoms with Gasteiger partial charge in [-0.1, -0.05) is 36.4 Å². The van der Waals surface area contributed by atoms with E-state index in [0.29, 0.717) is 5.56 Å². The Morgan fingerprint density at radius 3 is 2.33 bits per heavy atom. The van der Waals surface area contributed by atoms with Crippen molar-refractivity contribution in [2.45, 2.75) is 24.6 Å². The van der Waals surface area contributed by atoms with E-state index >= 15 is 4.39 Å². The third kappa shape index (κ3) is 4.58. The number of hydrogen-bond acceptors (Lipinski definition) is 9. The molecule has 2 aromatic carbocycles. The molecule has 1 aliphatic rings. The van der Waals surface area contributed by atoms with Crippen molar-refractivity contribution >= 4 is 40.5 Å². The molecule has 1 saturated heterocycles. The van der Waals surface area contributed by atoms with E-state index in [-0.39, 0.29) is 34.4 Å². The number of esters is 2. The molecule has 4 atom stereocenters. The maximum absolute atomic E-state index is 15.8. The molecule has 0 amide bonds. The predicted molar refractivity (Wildman–Crippen MR) is 126 cm³/mol. The van der Waals surface area contributed by atoms with Crippen LogP contribution in [0.1, 0.15) is 26.9 Å². The van der Waals surface area contributed by atoms with Crippen molar-refractivity contribution in [1.29, 1.82) is 0 Å². The molecule has 2 N–H and O–H groups in total. The zero-order valence-electron chi connectivity index (χ0n) is 18.5. The first-order valence-corrected chi connectivity index (χ1v) is 11.2. The van der Waals surface area contributed by atoms with E-state index < -0.39 is 36.5 Å². The van der Waals surface area contributed by atoms with Crippen molar-refractivity contribution in [3.8, 4) is 0 Å². The maximum Gasteiger partial charge on any atom is 0.338 e. The van der Waals surface area contributed by atoms with Crippen molar-refractivity contribution in [1.82, 2.24) is 19.5 Å². The Labute approximate surface area is 208 Å². The van der Waals surface area contributed by atoms with Crippen molar-refractivity contribution in [3.05, 3.63) is 83.4 Å². The number of nitrogen functional groups attached to an aromatic ring is 1. The molecule has 5 rings (SSSR count). The van der Waals surface area contributed by atoms with Crippen LogP contribution in [-0.2, 0) is 14.2 Å². The molecule has 0 radical (unpaired) electrons. The molecule has 2 aromatic heterocycles. The highest BCUT2D eigenvalue weighted by molar-refractivity contribution is 6.28. The number of carbonyl (C=O) groups excluding carboxylic acids is 2. The molecule has 1 aliphatic heterocycles. The molecular weight excluding hydrogens is 493 g/mol. The van der Waals surface area contributed by atoms with Gasteiger partial charge in [-0.15, -0.1) is 0 Å². The Kier molecular flexibility index (Phi) is 6.49. The summed E-state index contributed by atoms with van der Waals surface area (Å²) in [7, 11) is 0. The number of halogens is 2. The van der Waals surface area contributed by atoms with Gasteiger partial charge in [0.15, 0.2) is 30.0 Å². The first kappa shape index (κ1) is 23.6. The SMILES string of the molecule is Nc1nc(Cl)nc2c1ncn2[C@H]1O[C@H](COC(=O)c2ccccc2)[C@@H](OC(=O)c2ccccc2)C1F. The molecule has 4 aromatic rings. The fraction of sp³-hybridized carbons (Fsp3) is 0.208. The molecule has 10 nitrogen and oxygen atoms in total. The minimum Gasteiger partial charge on any atom is -0.459 e. The number of aromatic nitrogens is 4. The highest BCUT2D eigenvalue weighted by Crippen LogP contribution is 2.36. The quantitative estimate of drug-likeness (QED) is 0.305. The van der Waals surface area contributed by atoms with E-state index in [2.05, 4.69) is 15.0 Å². The molecule has 36 heavy (non-hydrogen) atoms. The first-order chi connectivity index (χ1) is 17.4. The van der Waals surface area contributed by atoms with Gasteiger partial charge in [-0.3, -0.25) is 4.57 Å². The Balaban J connectivity index is 1.42. The number of fused-ring (bicyclic) bond motifs is 1. The van der Waals surface area contributed by atoms with Gasteiger partial charge >= 0.3 is 11.9 Å². The van der Waals surface area contributed by atoms with Crippen LogP contribution in [0.25, 0.3) is 11.2 Å². The van der Waals surface area contributed by atoms with Gasteiger partial charge in [0.25, 0.3) is 0 Å². The van der Waals surface area contributed by atoms with Crippen LogP contribution in [0.4, 0.5) is 10.2 Å². The van der Waals surface area contributed by atoms with Crippen molar-refractivity contribution < 1.29 is 28.2 Å². The van der Waals surface area contributed by atoms with Gasteiger partial charge in [0.2, 0.25) is 5.28 Å². The number of alkyl halides is 1. The van der Waals surface area contributed by atoms with Gasteiger partial charge in [0.1, 0.15) is 18.2 Å². The summed E-state index contributed by atoms with van der Waals surface area (Å²) < 4.78 is 33.9. The molecule has 0 bridgehead atoms. The molecule has 0 saturated carbocycles. The molecule has 0 spiro atoms. The largest absolute Gasteiger partial charge is 0.459 e. The van der Waals surface area contributed by atoms with Gasteiger partial charge in [-0.2, -0.15) is 9.97 Å². The lowest BCUT2D eigenvalue weighted by Crippen LogP contribution is -2.37. The molecular formula is C24H19ClFN5O5. The molecule has 1 fully saturated rings. The topological polar surface area (TPSA) is 131 Å². The van der Waals surface area contributed by atoms with Crippen LogP contribution in [0.15, 0.2) is 67.0 Å². The Morgan fingerprint density at radius 2 is 1.67 bits per heavy atom.